The molecule has 0 radical (unpaired) electrons. The predicted octanol–water partition coefficient (Wildman–Crippen LogP) is 1.55. The van der Waals surface area contributed by atoms with Crippen molar-refractivity contribution < 1.29 is 9.47 Å². The summed E-state index contributed by atoms with van der Waals surface area (Å²) in [4.78, 5) is 4.19. The minimum atomic E-state index is 0.0136. The Hall–Kier alpha value is -0.840. The molecule has 0 saturated carbocycles. The van der Waals surface area contributed by atoms with E-state index in [1.165, 1.54) is 0 Å². The lowest BCUT2D eigenvalue weighted by molar-refractivity contribution is -0.0251. The molecule has 4 nitrogen and oxygen atoms in total. The summed E-state index contributed by atoms with van der Waals surface area (Å²) in [6.45, 7) is 0.936. The lowest BCUT2D eigenvalue weighted by Crippen LogP contribution is -2.47. The summed E-state index contributed by atoms with van der Waals surface area (Å²) < 4.78 is 11.3. The van der Waals surface area contributed by atoms with Crippen molar-refractivity contribution in [1.82, 2.24) is 10.3 Å². The van der Waals surface area contributed by atoms with Crippen molar-refractivity contribution in [3.8, 4) is 5.88 Å². The first kappa shape index (κ1) is 10.3. The Kier molecular flexibility index (Phi) is 2.50. The van der Waals surface area contributed by atoms with Gasteiger partial charge in [0, 0.05) is 12.7 Å². The number of nitrogens with zero attached hydrogens (tertiary/aromatic N) is 1. The highest BCUT2D eigenvalue weighted by Crippen LogP contribution is 2.39. The lowest BCUT2D eigenvalue weighted by atomic mass is 9.95. The second-order valence-corrected chi connectivity index (χ2v) is 4.49. The zero-order valence-corrected chi connectivity index (χ0v) is 9.70. The average Bonchev–Trinajstić information content (AvgIpc) is 2.65. The van der Waals surface area contributed by atoms with E-state index in [9.17, 15) is 0 Å². The van der Waals surface area contributed by atoms with Gasteiger partial charge in [0.15, 0.2) is 0 Å². The molecule has 3 rings (SSSR count). The average molecular weight is 241 g/mol. The third kappa shape index (κ3) is 1.49. The summed E-state index contributed by atoms with van der Waals surface area (Å²) in [5.41, 5.74) is 1.08. The molecular weight excluding hydrogens is 228 g/mol. The van der Waals surface area contributed by atoms with Crippen molar-refractivity contribution in [3.05, 3.63) is 22.8 Å². The molecule has 0 aromatic carbocycles. The summed E-state index contributed by atoms with van der Waals surface area (Å²) in [5, 5.41) is 3.90. The number of aromatic nitrogens is 1. The highest BCUT2D eigenvalue weighted by molar-refractivity contribution is 6.29. The number of fused-ring (bicyclic) bond motifs is 3. The van der Waals surface area contributed by atoms with Crippen LogP contribution in [0.1, 0.15) is 18.0 Å². The van der Waals surface area contributed by atoms with E-state index in [0.29, 0.717) is 11.0 Å². The number of nitrogens with one attached hydrogen (secondary N) is 1. The molecule has 0 aliphatic carbocycles. The molecule has 1 N–H and O–H groups in total. The molecule has 1 saturated heterocycles. The minimum Gasteiger partial charge on any atom is -0.469 e. The Morgan fingerprint density at radius 3 is 3.25 bits per heavy atom. The molecule has 3 atom stereocenters. The minimum absolute atomic E-state index is 0.0136. The second-order valence-electron chi connectivity index (χ2n) is 4.11. The molecule has 16 heavy (non-hydrogen) atoms. The molecule has 0 bridgehead atoms. The Morgan fingerprint density at radius 1 is 1.56 bits per heavy atom. The van der Waals surface area contributed by atoms with E-state index in [1.807, 2.05) is 6.07 Å². The molecule has 2 aliphatic heterocycles. The second kappa shape index (κ2) is 3.87. The molecule has 86 valence electrons. The maximum Gasteiger partial charge on any atom is 0.220 e. The molecule has 5 heteroatoms. The van der Waals surface area contributed by atoms with Crippen molar-refractivity contribution in [2.24, 2.45) is 0 Å². The number of hydrogen-bond acceptors (Lipinski definition) is 4. The number of rotatable bonds is 1. The molecule has 3 heterocycles. The van der Waals surface area contributed by atoms with Crippen molar-refractivity contribution in [2.45, 2.75) is 24.7 Å². The molecule has 1 aromatic heterocycles. The summed E-state index contributed by atoms with van der Waals surface area (Å²) >= 11 is 5.85. The number of piperidine rings is 1. The summed E-state index contributed by atoms with van der Waals surface area (Å²) in [6, 6.07) is 3.95. The predicted molar refractivity (Wildman–Crippen MR) is 59.8 cm³/mol. The monoisotopic (exact) mass is 240 g/mol. The van der Waals surface area contributed by atoms with Crippen LogP contribution in [0.3, 0.4) is 0 Å². The largest absolute Gasteiger partial charge is 0.469 e. The van der Waals surface area contributed by atoms with Gasteiger partial charge < -0.3 is 14.8 Å². The Morgan fingerprint density at radius 2 is 2.44 bits per heavy atom. The van der Waals surface area contributed by atoms with E-state index in [2.05, 4.69) is 10.3 Å². The number of halogens is 1. The van der Waals surface area contributed by atoms with Crippen LogP contribution in [0.4, 0.5) is 0 Å². The van der Waals surface area contributed by atoms with Gasteiger partial charge in [-0.25, -0.2) is 4.98 Å². The number of pyridine rings is 1. The molecular formula is C11H13ClN2O2. The standard InChI is InChI=1S/C11H13ClN2O2/c1-15-7-4-5-13-9-6-2-3-8(12)14-11(6)16-10(7)9/h2-3,7,9-10,13H,4-5H2,1H3/t7-,9+,10+/m1/s1. The van der Waals surface area contributed by atoms with Crippen LogP contribution in [0.25, 0.3) is 0 Å². The SMILES string of the molecule is CO[C@@H]1CCN[C@H]2c3ccc(Cl)nc3O[C@@H]12. The van der Waals surface area contributed by atoms with Gasteiger partial charge in [0.05, 0.1) is 12.1 Å². The molecule has 0 amide bonds. The van der Waals surface area contributed by atoms with Crippen LogP contribution >= 0.6 is 11.6 Å². The Bertz CT molecular complexity index is 413. The van der Waals surface area contributed by atoms with Crippen molar-refractivity contribution >= 4 is 11.6 Å². The van der Waals surface area contributed by atoms with Crippen LogP contribution in [0.15, 0.2) is 12.1 Å². The zero-order valence-electron chi connectivity index (χ0n) is 8.94. The van der Waals surface area contributed by atoms with Gasteiger partial charge in [0.2, 0.25) is 5.88 Å². The third-order valence-corrected chi connectivity index (χ3v) is 3.44. The van der Waals surface area contributed by atoms with Gasteiger partial charge in [-0.2, -0.15) is 0 Å². The highest BCUT2D eigenvalue weighted by atomic mass is 35.5. The van der Waals surface area contributed by atoms with Crippen molar-refractivity contribution in [1.29, 1.82) is 0 Å². The van der Waals surface area contributed by atoms with Gasteiger partial charge in [0.1, 0.15) is 11.3 Å². The van der Waals surface area contributed by atoms with E-state index in [4.69, 9.17) is 21.1 Å². The van der Waals surface area contributed by atoms with Gasteiger partial charge in [-0.15, -0.1) is 0 Å². The van der Waals surface area contributed by atoms with E-state index in [0.717, 1.165) is 18.5 Å². The highest BCUT2D eigenvalue weighted by Gasteiger charge is 2.43. The maximum atomic E-state index is 5.85. The van der Waals surface area contributed by atoms with Gasteiger partial charge in [-0.1, -0.05) is 11.6 Å². The summed E-state index contributed by atoms with van der Waals surface area (Å²) in [6.07, 6.45) is 1.10. The zero-order chi connectivity index (χ0) is 11.1. The van der Waals surface area contributed by atoms with Crippen molar-refractivity contribution in [2.75, 3.05) is 13.7 Å². The van der Waals surface area contributed by atoms with Crippen LogP contribution in [0.5, 0.6) is 5.88 Å². The van der Waals surface area contributed by atoms with Crippen LogP contribution in [0.2, 0.25) is 5.15 Å². The fourth-order valence-corrected chi connectivity index (χ4v) is 2.59. The molecule has 1 fully saturated rings. The first-order valence-electron chi connectivity index (χ1n) is 5.39. The fraction of sp³-hybridized carbons (Fsp3) is 0.545. The molecule has 0 spiro atoms. The van der Waals surface area contributed by atoms with Crippen LogP contribution in [0, 0.1) is 0 Å². The lowest BCUT2D eigenvalue weighted by Gasteiger charge is -2.32. The van der Waals surface area contributed by atoms with E-state index >= 15 is 0 Å². The first-order valence-corrected chi connectivity index (χ1v) is 5.76. The van der Waals surface area contributed by atoms with Crippen LogP contribution in [-0.4, -0.2) is 30.8 Å². The van der Waals surface area contributed by atoms with Gasteiger partial charge in [0.25, 0.3) is 0 Å². The molecule has 2 aliphatic rings. The fourth-order valence-electron chi connectivity index (χ4n) is 2.45. The van der Waals surface area contributed by atoms with E-state index in [-0.39, 0.29) is 18.2 Å². The van der Waals surface area contributed by atoms with Gasteiger partial charge in [-0.05, 0) is 25.1 Å². The topological polar surface area (TPSA) is 43.4 Å². The Balaban J connectivity index is 1.96. The van der Waals surface area contributed by atoms with Crippen molar-refractivity contribution in [3.63, 3.8) is 0 Å². The van der Waals surface area contributed by atoms with Gasteiger partial charge in [-0.3, -0.25) is 0 Å². The summed E-state index contributed by atoms with van der Waals surface area (Å²) in [7, 11) is 1.72. The quantitative estimate of drug-likeness (QED) is 0.757. The first-order chi connectivity index (χ1) is 7.79. The molecule has 1 aromatic rings. The summed E-state index contributed by atoms with van der Waals surface area (Å²) in [5.74, 6) is 0.638. The normalized spacial score (nSPS) is 31.8. The smallest absolute Gasteiger partial charge is 0.220 e. The maximum absolute atomic E-state index is 5.85. The van der Waals surface area contributed by atoms with Crippen LogP contribution < -0.4 is 10.1 Å². The number of methoxy groups -OCH3 is 1. The van der Waals surface area contributed by atoms with E-state index < -0.39 is 0 Å². The number of ether oxygens (including phenoxy) is 2. The Labute approximate surface area is 98.9 Å². The van der Waals surface area contributed by atoms with Gasteiger partial charge >= 0.3 is 0 Å². The third-order valence-electron chi connectivity index (χ3n) is 3.23. The van der Waals surface area contributed by atoms with Crippen LogP contribution in [-0.2, 0) is 4.74 Å². The van der Waals surface area contributed by atoms with E-state index in [1.54, 1.807) is 13.2 Å². The molecule has 0 unspecified atom stereocenters. The number of hydrogen-bond donors (Lipinski definition) is 1.